The number of ether oxygens (including phenoxy) is 1. The number of rotatable bonds is 5. The number of methoxy groups -OCH3 is 1. The molecule has 108 valence electrons. The average molecular weight is 275 g/mol. The third-order valence-electron chi connectivity index (χ3n) is 3.49. The topological polar surface area (TPSA) is 74.2 Å². The molecule has 2 rings (SSSR count). The van der Waals surface area contributed by atoms with Crippen molar-refractivity contribution in [2.75, 3.05) is 12.8 Å². The predicted molar refractivity (Wildman–Crippen MR) is 78.3 cm³/mol. The molecule has 0 spiro atoms. The van der Waals surface area contributed by atoms with E-state index in [1.54, 1.807) is 7.11 Å². The molecule has 1 aromatic carbocycles. The Hall–Kier alpha value is -1.88. The highest BCUT2D eigenvalue weighted by Gasteiger charge is 2.19. The van der Waals surface area contributed by atoms with Gasteiger partial charge in [-0.2, -0.15) is 4.98 Å². The molecule has 0 saturated carbocycles. The molecule has 1 heterocycles. The molecule has 2 N–H and O–H groups in total. The monoisotopic (exact) mass is 275 g/mol. The van der Waals surface area contributed by atoms with Crippen LogP contribution in [0.1, 0.15) is 42.8 Å². The number of benzene rings is 1. The number of nitrogens with two attached hydrogens (primary N) is 1. The van der Waals surface area contributed by atoms with E-state index in [4.69, 9.17) is 15.0 Å². The lowest BCUT2D eigenvalue weighted by atomic mass is 10.0. The van der Waals surface area contributed by atoms with E-state index in [9.17, 15) is 0 Å². The van der Waals surface area contributed by atoms with Crippen molar-refractivity contribution >= 4 is 5.69 Å². The third-order valence-corrected chi connectivity index (χ3v) is 3.49. The Morgan fingerprint density at radius 3 is 2.75 bits per heavy atom. The fraction of sp³-hybridized carbons (Fsp3) is 0.467. The summed E-state index contributed by atoms with van der Waals surface area (Å²) >= 11 is 0. The van der Waals surface area contributed by atoms with E-state index in [0.717, 1.165) is 29.5 Å². The van der Waals surface area contributed by atoms with Crippen LogP contribution in [0.2, 0.25) is 0 Å². The largest absolute Gasteiger partial charge is 0.399 e. The van der Waals surface area contributed by atoms with Gasteiger partial charge in [-0.15, -0.1) is 0 Å². The molecular formula is C15H21N3O2. The van der Waals surface area contributed by atoms with Crippen LogP contribution in [-0.2, 0) is 4.74 Å². The number of anilines is 1. The molecule has 0 aliphatic heterocycles. The zero-order chi connectivity index (χ0) is 14.7. The maximum absolute atomic E-state index is 5.89. The van der Waals surface area contributed by atoms with Crippen LogP contribution in [0.3, 0.4) is 0 Å². The number of nitrogen functional groups attached to an aromatic ring is 1. The van der Waals surface area contributed by atoms with Gasteiger partial charge in [-0.05, 0) is 43.5 Å². The van der Waals surface area contributed by atoms with E-state index in [2.05, 4.69) is 17.1 Å². The van der Waals surface area contributed by atoms with E-state index in [-0.39, 0.29) is 6.10 Å². The molecule has 1 unspecified atom stereocenters. The Morgan fingerprint density at radius 2 is 2.10 bits per heavy atom. The first-order valence-corrected chi connectivity index (χ1v) is 6.80. The standard InChI is InChI=1S/C15H21N3O2/c1-5-6-13(19-4)14-17-15(20-18-14)12-8-11(16)7-9(2)10(12)3/h7-8,13H,5-6,16H2,1-4H3. The number of nitrogens with zero attached hydrogens (tertiary/aromatic N) is 2. The molecule has 1 aromatic heterocycles. The Labute approximate surface area is 119 Å². The second-order valence-electron chi connectivity index (χ2n) is 4.98. The SMILES string of the molecule is CCCC(OC)c1noc(-c2cc(N)cc(C)c2C)n1. The van der Waals surface area contributed by atoms with Gasteiger partial charge in [0.25, 0.3) is 5.89 Å². The summed E-state index contributed by atoms with van der Waals surface area (Å²) in [6.07, 6.45) is 1.74. The molecule has 0 aliphatic rings. The number of hydrogen-bond acceptors (Lipinski definition) is 5. The van der Waals surface area contributed by atoms with E-state index in [1.165, 1.54) is 0 Å². The fourth-order valence-corrected chi connectivity index (χ4v) is 2.20. The first-order chi connectivity index (χ1) is 9.56. The zero-order valence-corrected chi connectivity index (χ0v) is 12.4. The van der Waals surface area contributed by atoms with Crippen LogP contribution in [0, 0.1) is 13.8 Å². The van der Waals surface area contributed by atoms with E-state index >= 15 is 0 Å². The summed E-state index contributed by atoms with van der Waals surface area (Å²) in [5, 5.41) is 4.03. The highest BCUT2D eigenvalue weighted by atomic mass is 16.5. The van der Waals surface area contributed by atoms with Gasteiger partial charge in [0, 0.05) is 18.4 Å². The molecule has 20 heavy (non-hydrogen) atoms. The minimum absolute atomic E-state index is 0.125. The van der Waals surface area contributed by atoms with Gasteiger partial charge in [-0.25, -0.2) is 0 Å². The van der Waals surface area contributed by atoms with Gasteiger partial charge in [0.15, 0.2) is 0 Å². The summed E-state index contributed by atoms with van der Waals surface area (Å²) < 4.78 is 10.8. The van der Waals surface area contributed by atoms with Crippen molar-refractivity contribution in [1.29, 1.82) is 0 Å². The maximum atomic E-state index is 5.89. The molecule has 0 radical (unpaired) electrons. The molecule has 2 aromatic rings. The van der Waals surface area contributed by atoms with Gasteiger partial charge in [0.1, 0.15) is 6.10 Å². The minimum Gasteiger partial charge on any atom is -0.399 e. The summed E-state index contributed by atoms with van der Waals surface area (Å²) in [6.45, 7) is 6.13. The summed E-state index contributed by atoms with van der Waals surface area (Å²) in [6, 6.07) is 3.80. The lowest BCUT2D eigenvalue weighted by Gasteiger charge is -2.08. The molecule has 5 nitrogen and oxygen atoms in total. The van der Waals surface area contributed by atoms with Crippen LogP contribution in [0.25, 0.3) is 11.5 Å². The first-order valence-electron chi connectivity index (χ1n) is 6.80. The van der Waals surface area contributed by atoms with E-state index in [0.29, 0.717) is 17.4 Å². The number of hydrogen-bond donors (Lipinski definition) is 1. The zero-order valence-electron chi connectivity index (χ0n) is 12.4. The van der Waals surface area contributed by atoms with E-state index in [1.807, 2.05) is 26.0 Å². The van der Waals surface area contributed by atoms with Crippen molar-refractivity contribution in [3.05, 3.63) is 29.1 Å². The smallest absolute Gasteiger partial charge is 0.258 e. The summed E-state index contributed by atoms with van der Waals surface area (Å²) in [5.74, 6) is 1.08. The van der Waals surface area contributed by atoms with Crippen molar-refractivity contribution in [1.82, 2.24) is 10.1 Å². The molecule has 0 bridgehead atoms. The summed E-state index contributed by atoms with van der Waals surface area (Å²) in [4.78, 5) is 4.46. The Bertz CT molecular complexity index is 593. The van der Waals surface area contributed by atoms with Gasteiger partial charge in [-0.3, -0.25) is 0 Å². The number of aryl methyl sites for hydroxylation is 1. The predicted octanol–water partition coefficient (Wildman–Crippen LogP) is 3.42. The van der Waals surface area contributed by atoms with Crippen molar-refractivity contribution < 1.29 is 9.26 Å². The molecule has 1 atom stereocenters. The summed E-state index contributed by atoms with van der Waals surface area (Å²) in [7, 11) is 1.66. The molecule has 0 aliphatic carbocycles. The van der Waals surface area contributed by atoms with Gasteiger partial charge in [0.05, 0.1) is 0 Å². The van der Waals surface area contributed by atoms with Gasteiger partial charge < -0.3 is 15.0 Å². The van der Waals surface area contributed by atoms with Gasteiger partial charge in [-0.1, -0.05) is 18.5 Å². The maximum Gasteiger partial charge on any atom is 0.258 e. The van der Waals surface area contributed by atoms with Crippen molar-refractivity contribution in [2.24, 2.45) is 0 Å². The Balaban J connectivity index is 2.38. The van der Waals surface area contributed by atoms with Crippen LogP contribution < -0.4 is 5.73 Å². The highest BCUT2D eigenvalue weighted by molar-refractivity contribution is 5.66. The van der Waals surface area contributed by atoms with Gasteiger partial charge in [0.2, 0.25) is 5.82 Å². The molecular weight excluding hydrogens is 254 g/mol. The highest BCUT2D eigenvalue weighted by Crippen LogP contribution is 2.29. The fourth-order valence-electron chi connectivity index (χ4n) is 2.20. The average Bonchev–Trinajstić information content (AvgIpc) is 2.89. The van der Waals surface area contributed by atoms with Crippen LogP contribution in [0.5, 0.6) is 0 Å². The van der Waals surface area contributed by atoms with Crippen molar-refractivity contribution in [3.8, 4) is 11.5 Å². The third kappa shape index (κ3) is 2.82. The lowest BCUT2D eigenvalue weighted by molar-refractivity contribution is 0.0854. The molecule has 0 saturated heterocycles. The van der Waals surface area contributed by atoms with E-state index < -0.39 is 0 Å². The van der Waals surface area contributed by atoms with Crippen molar-refractivity contribution in [3.63, 3.8) is 0 Å². The second-order valence-corrected chi connectivity index (χ2v) is 4.98. The minimum atomic E-state index is -0.125. The van der Waals surface area contributed by atoms with Crippen LogP contribution >= 0.6 is 0 Å². The van der Waals surface area contributed by atoms with Crippen LogP contribution in [0.15, 0.2) is 16.7 Å². The number of aromatic nitrogens is 2. The Morgan fingerprint density at radius 1 is 1.35 bits per heavy atom. The van der Waals surface area contributed by atoms with Crippen LogP contribution in [-0.4, -0.2) is 17.3 Å². The molecule has 5 heteroatoms. The molecule has 0 amide bonds. The summed E-state index contributed by atoms with van der Waals surface area (Å²) in [5.41, 5.74) is 9.67. The first kappa shape index (κ1) is 14.5. The normalized spacial score (nSPS) is 12.6. The molecule has 0 fully saturated rings. The lowest BCUT2D eigenvalue weighted by Crippen LogP contribution is -2.03. The second kappa shape index (κ2) is 6.05. The Kier molecular flexibility index (Phi) is 4.39. The van der Waals surface area contributed by atoms with Crippen LogP contribution in [0.4, 0.5) is 5.69 Å². The quantitative estimate of drug-likeness (QED) is 0.846. The van der Waals surface area contributed by atoms with Crippen molar-refractivity contribution in [2.45, 2.75) is 39.7 Å². The van der Waals surface area contributed by atoms with Gasteiger partial charge >= 0.3 is 0 Å².